The molecule has 0 aliphatic carbocycles. The molecule has 9 heteroatoms. The van der Waals surface area contributed by atoms with E-state index in [9.17, 15) is 18.3 Å². The highest BCUT2D eigenvalue weighted by atomic mass is 35.5. The molecular formula is C21H17Cl2N2O4S-. The summed E-state index contributed by atoms with van der Waals surface area (Å²) in [6.07, 6.45) is 2.64. The fraction of sp³-hybridized carbons (Fsp3) is 0.143. The van der Waals surface area contributed by atoms with E-state index in [2.05, 4.69) is 4.99 Å². The van der Waals surface area contributed by atoms with Crippen LogP contribution in [0.1, 0.15) is 16.7 Å². The minimum Gasteiger partial charge on any atom is -0.858 e. The minimum atomic E-state index is -3.28. The average Bonchev–Trinajstić information content (AvgIpc) is 2.68. The Morgan fingerprint density at radius 1 is 1.07 bits per heavy atom. The van der Waals surface area contributed by atoms with Gasteiger partial charge >= 0.3 is 0 Å². The smallest absolute Gasteiger partial charge is 0.251 e. The van der Waals surface area contributed by atoms with Crippen molar-refractivity contribution in [3.8, 4) is 0 Å². The summed E-state index contributed by atoms with van der Waals surface area (Å²) in [5.74, 6) is -0.525. The standard InChI is InChI=1S/C21H18Cl2N2O4S/c1-30(28,29)18-6-2-14(3-7-18)13-25-9-8-15(10-20(25)26)21(27)24-12-16-4-5-17(22)11-19(16)23/h2-11H,12-13H2,1H3,(H,24,27)/p-1. The van der Waals surface area contributed by atoms with E-state index in [-0.39, 0.29) is 29.1 Å². The summed E-state index contributed by atoms with van der Waals surface area (Å²) in [6, 6.07) is 13.9. The minimum absolute atomic E-state index is 0.0740. The van der Waals surface area contributed by atoms with Crippen LogP contribution in [0.25, 0.3) is 0 Å². The van der Waals surface area contributed by atoms with E-state index < -0.39 is 15.7 Å². The van der Waals surface area contributed by atoms with E-state index in [0.717, 1.165) is 11.8 Å². The maximum Gasteiger partial charge on any atom is 0.251 e. The second kappa shape index (κ2) is 9.04. The largest absolute Gasteiger partial charge is 0.858 e. The van der Waals surface area contributed by atoms with Crippen LogP contribution in [0.4, 0.5) is 0 Å². The molecule has 0 atom stereocenters. The molecule has 0 saturated heterocycles. The van der Waals surface area contributed by atoms with Gasteiger partial charge in [0.1, 0.15) is 0 Å². The van der Waals surface area contributed by atoms with Gasteiger partial charge in [0.2, 0.25) is 0 Å². The molecule has 3 rings (SSSR count). The Kier molecular flexibility index (Phi) is 6.65. The molecule has 0 bridgehead atoms. The van der Waals surface area contributed by atoms with Gasteiger partial charge in [-0.25, -0.2) is 8.42 Å². The number of hydrogen-bond donors (Lipinski definition) is 0. The maximum atomic E-state index is 12.4. The van der Waals surface area contributed by atoms with E-state index in [4.69, 9.17) is 23.2 Å². The van der Waals surface area contributed by atoms with Crippen molar-refractivity contribution >= 4 is 38.9 Å². The number of nitrogens with zero attached hydrogens (tertiary/aromatic N) is 2. The molecule has 1 aromatic heterocycles. The normalized spacial score (nSPS) is 12.2. The fourth-order valence-corrected chi connectivity index (χ4v) is 3.81. The van der Waals surface area contributed by atoms with Crippen LogP contribution in [0.2, 0.25) is 10.0 Å². The van der Waals surface area contributed by atoms with Gasteiger partial charge in [0.05, 0.1) is 18.0 Å². The Morgan fingerprint density at radius 3 is 2.37 bits per heavy atom. The van der Waals surface area contributed by atoms with Gasteiger partial charge in [0.25, 0.3) is 5.56 Å². The molecule has 1 heterocycles. The predicted molar refractivity (Wildman–Crippen MR) is 116 cm³/mol. The van der Waals surface area contributed by atoms with Crippen molar-refractivity contribution in [1.82, 2.24) is 4.57 Å². The van der Waals surface area contributed by atoms with Crippen molar-refractivity contribution in [1.29, 1.82) is 0 Å². The van der Waals surface area contributed by atoms with Crippen LogP contribution in [0.15, 0.2) is 75.5 Å². The lowest BCUT2D eigenvalue weighted by Gasteiger charge is -2.13. The van der Waals surface area contributed by atoms with Gasteiger partial charge in [0, 0.05) is 28.6 Å². The second-order valence-corrected chi connectivity index (χ2v) is 9.51. The number of pyridine rings is 1. The third kappa shape index (κ3) is 5.50. The highest BCUT2D eigenvalue weighted by molar-refractivity contribution is 7.90. The van der Waals surface area contributed by atoms with Crippen LogP contribution in [0.5, 0.6) is 0 Å². The third-order valence-corrected chi connectivity index (χ3v) is 6.07. The van der Waals surface area contributed by atoms with Crippen LogP contribution in [-0.2, 0) is 22.9 Å². The summed E-state index contributed by atoms with van der Waals surface area (Å²) in [6.45, 7) is 0.319. The Balaban J connectivity index is 1.75. The van der Waals surface area contributed by atoms with Gasteiger partial charge in [-0.2, -0.15) is 0 Å². The summed E-state index contributed by atoms with van der Waals surface area (Å²) in [5, 5.41) is 13.2. The molecular weight excluding hydrogens is 447 g/mol. The van der Waals surface area contributed by atoms with Crippen LogP contribution in [-0.4, -0.2) is 25.1 Å². The molecule has 0 unspecified atom stereocenters. The van der Waals surface area contributed by atoms with Crippen molar-refractivity contribution in [2.45, 2.75) is 18.0 Å². The number of aromatic nitrogens is 1. The molecule has 0 spiro atoms. The first-order valence-corrected chi connectivity index (χ1v) is 11.4. The summed E-state index contributed by atoms with van der Waals surface area (Å²) in [5.41, 5.74) is 1.22. The van der Waals surface area contributed by atoms with E-state index in [1.165, 1.54) is 35.0 Å². The Labute approximate surface area is 184 Å². The van der Waals surface area contributed by atoms with Crippen molar-refractivity contribution in [2.24, 2.45) is 4.99 Å². The van der Waals surface area contributed by atoms with E-state index in [1.807, 2.05) is 0 Å². The highest BCUT2D eigenvalue weighted by Crippen LogP contribution is 2.21. The Morgan fingerprint density at radius 2 is 1.77 bits per heavy atom. The molecule has 2 aromatic carbocycles. The van der Waals surface area contributed by atoms with Gasteiger partial charge in [-0.05, 0) is 52.9 Å². The van der Waals surface area contributed by atoms with Crippen molar-refractivity contribution in [2.75, 3.05) is 6.26 Å². The lowest BCUT2D eigenvalue weighted by molar-refractivity contribution is -0.213. The molecule has 0 radical (unpaired) electrons. The zero-order valence-corrected chi connectivity index (χ0v) is 18.2. The summed E-state index contributed by atoms with van der Waals surface area (Å²) < 4.78 is 24.5. The monoisotopic (exact) mass is 463 g/mol. The lowest BCUT2D eigenvalue weighted by atomic mass is 10.2. The van der Waals surface area contributed by atoms with Crippen LogP contribution in [0, 0.1) is 0 Å². The summed E-state index contributed by atoms with van der Waals surface area (Å²) >= 11 is 11.9. The first kappa shape index (κ1) is 22.1. The molecule has 0 aliphatic heterocycles. The van der Waals surface area contributed by atoms with Gasteiger partial charge in [-0.1, -0.05) is 41.4 Å². The lowest BCUT2D eigenvalue weighted by Crippen LogP contribution is -2.25. The Hall–Kier alpha value is -2.61. The maximum absolute atomic E-state index is 12.4. The number of hydrogen-bond acceptors (Lipinski definition) is 5. The van der Waals surface area contributed by atoms with Crippen LogP contribution in [0.3, 0.4) is 0 Å². The topological polar surface area (TPSA) is 91.6 Å². The number of rotatable bonds is 6. The van der Waals surface area contributed by atoms with Crippen LogP contribution >= 0.6 is 23.2 Å². The van der Waals surface area contributed by atoms with Crippen molar-refractivity contribution in [3.63, 3.8) is 0 Å². The van der Waals surface area contributed by atoms with E-state index in [1.54, 1.807) is 30.3 Å². The second-order valence-electron chi connectivity index (χ2n) is 6.65. The molecule has 30 heavy (non-hydrogen) atoms. The zero-order valence-electron chi connectivity index (χ0n) is 15.9. The van der Waals surface area contributed by atoms with E-state index >= 15 is 0 Å². The SMILES string of the molecule is CS(=O)(=O)c1ccc(Cn2ccc(C([O-])=NCc3ccc(Cl)cc3Cl)cc2=O)cc1. The Bertz CT molecular complexity index is 1270. The summed E-state index contributed by atoms with van der Waals surface area (Å²) in [4.78, 5) is 16.6. The van der Waals surface area contributed by atoms with Gasteiger partial charge in [0.15, 0.2) is 9.84 Å². The molecule has 3 aromatic rings. The molecule has 0 aliphatic rings. The quantitative estimate of drug-likeness (QED) is 0.414. The number of halogens is 2. The summed E-state index contributed by atoms with van der Waals surface area (Å²) in [7, 11) is -3.28. The number of aliphatic imine (C=N–C) groups is 1. The van der Waals surface area contributed by atoms with Crippen molar-refractivity contribution < 1.29 is 13.5 Å². The van der Waals surface area contributed by atoms with Gasteiger partial charge < -0.3 is 9.67 Å². The number of benzene rings is 2. The van der Waals surface area contributed by atoms with Gasteiger partial charge in [-0.3, -0.25) is 9.79 Å². The van der Waals surface area contributed by atoms with Gasteiger partial charge in [-0.15, -0.1) is 0 Å². The van der Waals surface area contributed by atoms with E-state index in [0.29, 0.717) is 15.6 Å². The first-order chi connectivity index (χ1) is 14.1. The molecule has 156 valence electrons. The average molecular weight is 464 g/mol. The molecule has 0 N–H and O–H groups in total. The molecule has 0 amide bonds. The first-order valence-electron chi connectivity index (χ1n) is 8.79. The van der Waals surface area contributed by atoms with Crippen LogP contribution < -0.4 is 10.7 Å². The third-order valence-electron chi connectivity index (χ3n) is 4.36. The van der Waals surface area contributed by atoms with Crippen molar-refractivity contribution in [3.05, 3.63) is 97.9 Å². The number of sulfone groups is 1. The molecule has 0 saturated carbocycles. The zero-order chi connectivity index (χ0) is 21.9. The molecule has 6 nitrogen and oxygen atoms in total. The molecule has 0 fully saturated rings. The fourth-order valence-electron chi connectivity index (χ4n) is 2.71. The predicted octanol–water partition coefficient (Wildman–Crippen LogP) is 2.91. The highest BCUT2D eigenvalue weighted by Gasteiger charge is 2.07.